The molecule has 0 bridgehead atoms. The lowest BCUT2D eigenvalue weighted by Crippen LogP contribution is -2.30. The zero-order chi connectivity index (χ0) is 16.9. The van der Waals surface area contributed by atoms with Crippen molar-refractivity contribution in [2.75, 3.05) is 14.2 Å². The molecule has 5 nitrogen and oxygen atoms in total. The van der Waals surface area contributed by atoms with E-state index in [1.165, 1.54) is 6.92 Å². The Morgan fingerprint density at radius 3 is 2.05 bits per heavy atom. The molecule has 0 fully saturated rings. The highest BCUT2D eigenvalue weighted by molar-refractivity contribution is 5.98. The first-order valence-corrected chi connectivity index (χ1v) is 7.24. The molecule has 22 heavy (non-hydrogen) atoms. The van der Waals surface area contributed by atoms with Crippen LogP contribution in [0.5, 0.6) is 11.5 Å². The Balaban J connectivity index is 3.11. The summed E-state index contributed by atoms with van der Waals surface area (Å²) < 4.78 is 15.7. The topological polar surface area (TPSA) is 61.8 Å². The molecule has 0 aliphatic carbocycles. The molecule has 0 amide bonds. The van der Waals surface area contributed by atoms with Crippen LogP contribution >= 0.6 is 0 Å². The second kappa shape index (κ2) is 7.82. The van der Waals surface area contributed by atoms with E-state index < -0.39 is 11.9 Å². The van der Waals surface area contributed by atoms with Gasteiger partial charge in [0.2, 0.25) is 0 Å². The molecule has 1 rings (SSSR count). The predicted molar refractivity (Wildman–Crippen MR) is 83.4 cm³/mol. The van der Waals surface area contributed by atoms with Crippen LogP contribution in [0.25, 0.3) is 0 Å². The van der Waals surface area contributed by atoms with Gasteiger partial charge in [-0.05, 0) is 38.5 Å². The van der Waals surface area contributed by atoms with Crippen molar-refractivity contribution in [2.24, 2.45) is 5.92 Å². The predicted octanol–water partition coefficient (Wildman–Crippen LogP) is 2.96. The number of esters is 1. The molecule has 0 spiro atoms. The molecule has 122 valence electrons. The second-order valence-corrected chi connectivity index (χ2v) is 5.48. The third kappa shape index (κ3) is 4.23. The monoisotopic (exact) mass is 308 g/mol. The van der Waals surface area contributed by atoms with Gasteiger partial charge in [0, 0.05) is 5.92 Å². The van der Waals surface area contributed by atoms with E-state index in [1.54, 1.807) is 40.2 Å². The van der Waals surface area contributed by atoms with Crippen molar-refractivity contribution in [3.05, 3.63) is 23.8 Å². The van der Waals surface area contributed by atoms with E-state index in [2.05, 4.69) is 0 Å². The zero-order valence-corrected chi connectivity index (χ0v) is 14.0. The van der Waals surface area contributed by atoms with Crippen molar-refractivity contribution in [1.82, 2.24) is 0 Å². The van der Waals surface area contributed by atoms with Gasteiger partial charge in [0.1, 0.15) is 11.7 Å². The highest BCUT2D eigenvalue weighted by Gasteiger charge is 2.32. The molecule has 0 aromatic heterocycles. The van der Waals surface area contributed by atoms with Gasteiger partial charge in [0.15, 0.2) is 11.5 Å². The lowest BCUT2D eigenvalue weighted by atomic mass is 9.85. The lowest BCUT2D eigenvalue weighted by Gasteiger charge is -2.22. The van der Waals surface area contributed by atoms with E-state index in [0.29, 0.717) is 11.5 Å². The molecule has 0 saturated heterocycles. The minimum absolute atomic E-state index is 0.215. The number of carbonyl (C=O) groups excluding carboxylic acids is 2. The van der Waals surface area contributed by atoms with Gasteiger partial charge in [-0.25, -0.2) is 0 Å². The van der Waals surface area contributed by atoms with Gasteiger partial charge in [0.05, 0.1) is 20.3 Å². The van der Waals surface area contributed by atoms with Crippen LogP contribution in [-0.4, -0.2) is 32.1 Å². The van der Waals surface area contributed by atoms with Gasteiger partial charge in [-0.2, -0.15) is 0 Å². The van der Waals surface area contributed by atoms with E-state index in [1.807, 2.05) is 13.0 Å². The Bertz CT molecular complexity index is 536. The third-order valence-corrected chi connectivity index (χ3v) is 3.48. The first-order chi connectivity index (χ1) is 10.3. The Hall–Kier alpha value is -2.04. The molecular weight excluding hydrogens is 284 g/mol. The third-order valence-electron chi connectivity index (χ3n) is 3.48. The number of ether oxygens (including phenoxy) is 3. The van der Waals surface area contributed by atoms with Crippen LogP contribution in [0, 0.1) is 5.92 Å². The van der Waals surface area contributed by atoms with Crippen molar-refractivity contribution in [1.29, 1.82) is 0 Å². The fraction of sp³-hybridized carbons (Fsp3) is 0.529. The minimum Gasteiger partial charge on any atom is -0.493 e. The maximum absolute atomic E-state index is 12.2. The molecule has 5 heteroatoms. The SMILES string of the molecule is COc1ccc(C(C)C(C(C)=O)C(=O)OC(C)C)cc1OC. The summed E-state index contributed by atoms with van der Waals surface area (Å²) in [5.41, 5.74) is 0.818. The maximum Gasteiger partial charge on any atom is 0.317 e. The van der Waals surface area contributed by atoms with Crippen molar-refractivity contribution in [3.8, 4) is 11.5 Å². The van der Waals surface area contributed by atoms with Crippen molar-refractivity contribution in [2.45, 2.75) is 39.7 Å². The second-order valence-electron chi connectivity index (χ2n) is 5.48. The molecule has 1 aromatic carbocycles. The molecule has 0 radical (unpaired) electrons. The molecule has 0 aliphatic rings. The fourth-order valence-corrected chi connectivity index (χ4v) is 2.36. The fourth-order valence-electron chi connectivity index (χ4n) is 2.36. The first kappa shape index (κ1) is 18.0. The van der Waals surface area contributed by atoms with Gasteiger partial charge in [0.25, 0.3) is 0 Å². The van der Waals surface area contributed by atoms with Gasteiger partial charge < -0.3 is 14.2 Å². The van der Waals surface area contributed by atoms with E-state index in [-0.39, 0.29) is 17.8 Å². The summed E-state index contributed by atoms with van der Waals surface area (Å²) in [5.74, 6) is -0.698. The summed E-state index contributed by atoms with van der Waals surface area (Å²) in [4.78, 5) is 24.1. The number of hydrogen-bond acceptors (Lipinski definition) is 5. The molecule has 0 heterocycles. The number of rotatable bonds is 7. The molecular formula is C17H24O5. The number of hydrogen-bond donors (Lipinski definition) is 0. The van der Waals surface area contributed by atoms with Crippen molar-refractivity contribution in [3.63, 3.8) is 0 Å². The van der Waals surface area contributed by atoms with Crippen LogP contribution < -0.4 is 9.47 Å². The van der Waals surface area contributed by atoms with E-state index in [9.17, 15) is 9.59 Å². The largest absolute Gasteiger partial charge is 0.493 e. The summed E-state index contributed by atoms with van der Waals surface area (Å²) in [6.07, 6.45) is -0.257. The maximum atomic E-state index is 12.2. The molecule has 0 saturated carbocycles. The Morgan fingerprint density at radius 2 is 1.59 bits per heavy atom. The average Bonchev–Trinajstić information content (AvgIpc) is 2.45. The number of ketones is 1. The van der Waals surface area contributed by atoms with Crippen LogP contribution in [0.3, 0.4) is 0 Å². The summed E-state index contributed by atoms with van der Waals surface area (Å²) in [6, 6.07) is 5.36. The highest BCUT2D eigenvalue weighted by Crippen LogP contribution is 2.34. The summed E-state index contributed by atoms with van der Waals surface area (Å²) in [7, 11) is 3.10. The Labute approximate surface area is 131 Å². The molecule has 0 N–H and O–H groups in total. The number of Topliss-reactive ketones (excluding diaryl/α,β-unsaturated/α-hetero) is 1. The van der Waals surface area contributed by atoms with Gasteiger partial charge in [-0.3, -0.25) is 9.59 Å². The summed E-state index contributed by atoms with van der Waals surface area (Å²) >= 11 is 0. The van der Waals surface area contributed by atoms with Gasteiger partial charge in [-0.1, -0.05) is 13.0 Å². The zero-order valence-electron chi connectivity index (χ0n) is 14.0. The lowest BCUT2D eigenvalue weighted by molar-refractivity contribution is -0.155. The highest BCUT2D eigenvalue weighted by atomic mass is 16.5. The van der Waals surface area contributed by atoms with E-state index in [4.69, 9.17) is 14.2 Å². The van der Waals surface area contributed by atoms with Crippen LogP contribution in [0.2, 0.25) is 0 Å². The van der Waals surface area contributed by atoms with Crippen molar-refractivity contribution < 1.29 is 23.8 Å². The number of carbonyl (C=O) groups is 2. The van der Waals surface area contributed by atoms with Gasteiger partial charge >= 0.3 is 5.97 Å². The van der Waals surface area contributed by atoms with Gasteiger partial charge in [-0.15, -0.1) is 0 Å². The average molecular weight is 308 g/mol. The quantitative estimate of drug-likeness (QED) is 0.572. The van der Waals surface area contributed by atoms with E-state index in [0.717, 1.165) is 5.56 Å². The van der Waals surface area contributed by atoms with Crippen LogP contribution in [0.1, 0.15) is 39.2 Å². The van der Waals surface area contributed by atoms with Crippen LogP contribution in [0.15, 0.2) is 18.2 Å². The number of methoxy groups -OCH3 is 2. The number of benzene rings is 1. The Kier molecular flexibility index (Phi) is 6.40. The first-order valence-electron chi connectivity index (χ1n) is 7.24. The molecule has 2 atom stereocenters. The molecule has 1 aromatic rings. The van der Waals surface area contributed by atoms with Crippen LogP contribution in [-0.2, 0) is 14.3 Å². The molecule has 2 unspecified atom stereocenters. The Morgan fingerprint density at radius 1 is 1.00 bits per heavy atom. The molecule has 0 aliphatic heterocycles. The standard InChI is InChI=1S/C17H24O5/c1-10(2)22-17(19)16(12(4)18)11(3)13-7-8-14(20-5)15(9-13)21-6/h7-11,16H,1-6H3. The van der Waals surface area contributed by atoms with Crippen molar-refractivity contribution >= 4 is 11.8 Å². The minimum atomic E-state index is -0.833. The van der Waals surface area contributed by atoms with Crippen LogP contribution in [0.4, 0.5) is 0 Å². The summed E-state index contributed by atoms with van der Waals surface area (Å²) in [6.45, 7) is 6.75. The normalized spacial score (nSPS) is 13.4. The summed E-state index contributed by atoms with van der Waals surface area (Å²) in [5, 5.41) is 0. The smallest absolute Gasteiger partial charge is 0.317 e. The van der Waals surface area contributed by atoms with E-state index >= 15 is 0 Å².